The zero-order valence-electron chi connectivity index (χ0n) is 13.3. The zero-order valence-corrected chi connectivity index (χ0v) is 13.3. The number of amides is 1. The third kappa shape index (κ3) is 3.96. The molecule has 1 aliphatic heterocycles. The third-order valence-electron chi connectivity index (χ3n) is 4.26. The number of piperazine rings is 1. The van der Waals surface area contributed by atoms with Gasteiger partial charge in [-0.2, -0.15) is 0 Å². The fourth-order valence-corrected chi connectivity index (χ4v) is 2.86. The number of hydrogen-bond donors (Lipinski definition) is 0. The van der Waals surface area contributed by atoms with Gasteiger partial charge in [-0.3, -0.25) is 9.69 Å². The molecule has 3 nitrogen and oxygen atoms in total. The van der Waals surface area contributed by atoms with E-state index >= 15 is 0 Å². The second kappa shape index (κ2) is 6.92. The lowest BCUT2D eigenvalue weighted by Crippen LogP contribution is -2.48. The van der Waals surface area contributed by atoms with Crippen molar-refractivity contribution in [1.82, 2.24) is 9.80 Å². The lowest BCUT2D eigenvalue weighted by atomic mass is 10.1. The Morgan fingerprint density at radius 1 is 1.04 bits per heavy atom. The summed E-state index contributed by atoms with van der Waals surface area (Å²) >= 11 is 0. The number of hydrogen-bond acceptors (Lipinski definition) is 2. The van der Waals surface area contributed by atoms with Gasteiger partial charge in [0, 0.05) is 38.3 Å². The van der Waals surface area contributed by atoms with Crippen LogP contribution >= 0.6 is 0 Å². The van der Waals surface area contributed by atoms with Crippen LogP contribution in [-0.2, 0) is 6.54 Å². The third-order valence-corrected chi connectivity index (χ3v) is 4.26. The number of aryl methyl sites for hydroxylation is 1. The first-order valence-electron chi connectivity index (χ1n) is 7.94. The highest BCUT2D eigenvalue weighted by atomic mass is 19.1. The Balaban J connectivity index is 1.55. The van der Waals surface area contributed by atoms with E-state index in [4.69, 9.17) is 0 Å². The molecule has 1 aliphatic rings. The summed E-state index contributed by atoms with van der Waals surface area (Å²) in [5, 5.41) is 0. The van der Waals surface area contributed by atoms with Crippen LogP contribution in [0, 0.1) is 12.7 Å². The standard InChI is InChI=1S/C19H21FN2O/c1-15-5-7-16(8-6-15)14-21-9-11-22(12-10-21)19(23)17-3-2-4-18(20)13-17/h2-8,13H,9-12,14H2,1H3. The van der Waals surface area contributed by atoms with Crippen molar-refractivity contribution in [3.8, 4) is 0 Å². The first-order chi connectivity index (χ1) is 11.1. The van der Waals surface area contributed by atoms with Gasteiger partial charge in [-0.05, 0) is 30.7 Å². The maximum Gasteiger partial charge on any atom is 0.254 e. The number of carbonyl (C=O) groups is 1. The number of halogens is 1. The fourth-order valence-electron chi connectivity index (χ4n) is 2.86. The van der Waals surface area contributed by atoms with Crippen molar-refractivity contribution in [3.63, 3.8) is 0 Å². The molecule has 1 heterocycles. The molecule has 2 aromatic carbocycles. The quantitative estimate of drug-likeness (QED) is 0.869. The Labute approximate surface area is 136 Å². The van der Waals surface area contributed by atoms with Crippen LogP contribution in [0.2, 0.25) is 0 Å². The molecule has 0 N–H and O–H groups in total. The highest BCUT2D eigenvalue weighted by molar-refractivity contribution is 5.94. The van der Waals surface area contributed by atoms with Gasteiger partial charge in [0.25, 0.3) is 5.91 Å². The zero-order chi connectivity index (χ0) is 16.2. The minimum Gasteiger partial charge on any atom is -0.336 e. The highest BCUT2D eigenvalue weighted by Gasteiger charge is 2.22. The molecule has 0 aliphatic carbocycles. The van der Waals surface area contributed by atoms with Gasteiger partial charge in [0.05, 0.1) is 0 Å². The van der Waals surface area contributed by atoms with Crippen LogP contribution in [0.1, 0.15) is 21.5 Å². The normalized spacial score (nSPS) is 15.7. The molecule has 0 radical (unpaired) electrons. The molecule has 0 spiro atoms. The smallest absolute Gasteiger partial charge is 0.254 e. The van der Waals surface area contributed by atoms with Crippen molar-refractivity contribution in [2.24, 2.45) is 0 Å². The van der Waals surface area contributed by atoms with E-state index in [1.807, 2.05) is 0 Å². The number of carbonyl (C=O) groups excluding carboxylic acids is 1. The molecule has 3 rings (SSSR count). The van der Waals surface area contributed by atoms with Crippen LogP contribution in [0.25, 0.3) is 0 Å². The van der Waals surface area contributed by atoms with Gasteiger partial charge in [0.1, 0.15) is 5.82 Å². The molecule has 0 saturated carbocycles. The van der Waals surface area contributed by atoms with Gasteiger partial charge >= 0.3 is 0 Å². The van der Waals surface area contributed by atoms with Crippen molar-refractivity contribution in [2.45, 2.75) is 13.5 Å². The molecule has 1 fully saturated rings. The predicted octanol–water partition coefficient (Wildman–Crippen LogP) is 3.09. The maximum atomic E-state index is 13.2. The molecular weight excluding hydrogens is 291 g/mol. The highest BCUT2D eigenvalue weighted by Crippen LogP contribution is 2.13. The average Bonchev–Trinajstić information content (AvgIpc) is 2.57. The molecule has 4 heteroatoms. The van der Waals surface area contributed by atoms with E-state index in [1.165, 1.54) is 23.3 Å². The summed E-state index contributed by atoms with van der Waals surface area (Å²) < 4.78 is 13.2. The Morgan fingerprint density at radius 3 is 2.39 bits per heavy atom. The monoisotopic (exact) mass is 312 g/mol. The van der Waals surface area contributed by atoms with E-state index in [2.05, 4.69) is 36.1 Å². The summed E-state index contributed by atoms with van der Waals surface area (Å²) in [5.74, 6) is -0.451. The van der Waals surface area contributed by atoms with Gasteiger partial charge < -0.3 is 4.90 Å². The van der Waals surface area contributed by atoms with E-state index in [0.717, 1.165) is 19.6 Å². The van der Waals surface area contributed by atoms with Crippen LogP contribution in [0.4, 0.5) is 4.39 Å². The number of rotatable bonds is 3. The van der Waals surface area contributed by atoms with Gasteiger partial charge in [0.2, 0.25) is 0 Å². The molecule has 0 bridgehead atoms. The molecule has 23 heavy (non-hydrogen) atoms. The van der Waals surface area contributed by atoms with E-state index < -0.39 is 0 Å². The van der Waals surface area contributed by atoms with Gasteiger partial charge in [-0.15, -0.1) is 0 Å². The summed E-state index contributed by atoms with van der Waals surface area (Å²) in [6.07, 6.45) is 0. The molecule has 2 aromatic rings. The van der Waals surface area contributed by atoms with Crippen molar-refractivity contribution >= 4 is 5.91 Å². The van der Waals surface area contributed by atoms with Crippen LogP contribution in [0.3, 0.4) is 0 Å². The lowest BCUT2D eigenvalue weighted by molar-refractivity contribution is 0.0628. The molecule has 0 atom stereocenters. The molecule has 0 unspecified atom stereocenters. The molecule has 120 valence electrons. The minimum absolute atomic E-state index is 0.0838. The Kier molecular flexibility index (Phi) is 4.72. The number of benzene rings is 2. The van der Waals surface area contributed by atoms with Gasteiger partial charge in [0.15, 0.2) is 0 Å². The Bertz CT molecular complexity index is 676. The first kappa shape index (κ1) is 15.7. The van der Waals surface area contributed by atoms with E-state index in [0.29, 0.717) is 18.7 Å². The van der Waals surface area contributed by atoms with E-state index in [-0.39, 0.29) is 11.7 Å². The summed E-state index contributed by atoms with van der Waals surface area (Å²) in [6, 6.07) is 14.5. The molecular formula is C19H21FN2O. The van der Waals surface area contributed by atoms with E-state index in [1.54, 1.807) is 17.0 Å². The molecule has 1 amide bonds. The maximum absolute atomic E-state index is 13.2. The second-order valence-corrected chi connectivity index (χ2v) is 6.06. The predicted molar refractivity (Wildman–Crippen MR) is 88.8 cm³/mol. The molecule has 1 saturated heterocycles. The summed E-state index contributed by atoms with van der Waals surface area (Å²) in [6.45, 7) is 6.04. The van der Waals surface area contributed by atoms with E-state index in [9.17, 15) is 9.18 Å². The minimum atomic E-state index is -0.367. The first-order valence-corrected chi connectivity index (χ1v) is 7.94. The largest absolute Gasteiger partial charge is 0.336 e. The Hall–Kier alpha value is -2.20. The fraction of sp³-hybridized carbons (Fsp3) is 0.316. The van der Waals surface area contributed by atoms with Gasteiger partial charge in [-0.25, -0.2) is 4.39 Å². The lowest BCUT2D eigenvalue weighted by Gasteiger charge is -2.34. The SMILES string of the molecule is Cc1ccc(CN2CCN(C(=O)c3cccc(F)c3)CC2)cc1. The van der Waals surface area contributed by atoms with Crippen molar-refractivity contribution in [1.29, 1.82) is 0 Å². The van der Waals surface area contributed by atoms with Crippen LogP contribution in [0.15, 0.2) is 48.5 Å². The average molecular weight is 312 g/mol. The van der Waals surface area contributed by atoms with Crippen LogP contribution < -0.4 is 0 Å². The molecule has 0 aromatic heterocycles. The van der Waals surface area contributed by atoms with Crippen LogP contribution in [0.5, 0.6) is 0 Å². The van der Waals surface area contributed by atoms with Crippen molar-refractivity contribution < 1.29 is 9.18 Å². The summed E-state index contributed by atoms with van der Waals surface area (Å²) in [5.41, 5.74) is 2.98. The van der Waals surface area contributed by atoms with Gasteiger partial charge in [-0.1, -0.05) is 35.9 Å². The summed E-state index contributed by atoms with van der Waals surface area (Å²) in [4.78, 5) is 16.5. The topological polar surface area (TPSA) is 23.6 Å². The van der Waals surface area contributed by atoms with Crippen molar-refractivity contribution in [3.05, 3.63) is 71.0 Å². The Morgan fingerprint density at radius 2 is 1.74 bits per heavy atom. The van der Waals surface area contributed by atoms with Crippen LogP contribution in [-0.4, -0.2) is 41.9 Å². The summed E-state index contributed by atoms with van der Waals surface area (Å²) in [7, 11) is 0. The number of nitrogens with zero attached hydrogens (tertiary/aromatic N) is 2. The second-order valence-electron chi connectivity index (χ2n) is 6.06. The van der Waals surface area contributed by atoms with Crippen molar-refractivity contribution in [2.75, 3.05) is 26.2 Å².